The van der Waals surface area contributed by atoms with Crippen molar-refractivity contribution >= 4 is 5.97 Å². The molecule has 0 spiro atoms. The Hall–Kier alpha value is -1.39. The van der Waals surface area contributed by atoms with Crippen LogP contribution in [0, 0.1) is 0 Å². The number of carbonyl (C=O) groups is 1. The molecule has 3 N–H and O–H groups in total. The molecule has 1 aliphatic rings. The first-order valence-electron chi connectivity index (χ1n) is 7.15. The number of hydrogen-bond acceptors (Lipinski definition) is 3. The molecule has 1 aromatic rings. The van der Waals surface area contributed by atoms with Crippen LogP contribution < -0.4 is 5.73 Å². The first-order valence-corrected chi connectivity index (χ1v) is 7.15. The second-order valence-corrected chi connectivity index (χ2v) is 5.54. The molecule has 2 atom stereocenters. The molecule has 0 fully saturated rings. The Labute approximate surface area is 119 Å². The predicted molar refractivity (Wildman–Crippen MR) is 78.1 cm³/mol. The van der Waals surface area contributed by atoms with Crippen LogP contribution in [0.1, 0.15) is 48.2 Å². The summed E-state index contributed by atoms with van der Waals surface area (Å²) >= 11 is 0. The summed E-state index contributed by atoms with van der Waals surface area (Å²) in [5.41, 5.74) is 8.83. The van der Waals surface area contributed by atoms with Gasteiger partial charge in [-0.05, 0) is 36.1 Å². The molecule has 110 valence electrons. The molecule has 0 saturated carbocycles. The molecule has 4 heteroatoms. The second kappa shape index (κ2) is 5.54. The Kier molecular flexibility index (Phi) is 4.16. The van der Waals surface area contributed by atoms with E-state index in [9.17, 15) is 9.90 Å². The highest BCUT2D eigenvalue weighted by atomic mass is 16.5. The Morgan fingerprint density at radius 1 is 1.45 bits per heavy atom. The minimum absolute atomic E-state index is 0.0157. The van der Waals surface area contributed by atoms with Gasteiger partial charge in [-0.25, -0.2) is 4.79 Å². The Morgan fingerprint density at radius 2 is 2.10 bits per heavy atom. The lowest BCUT2D eigenvalue weighted by Gasteiger charge is -2.46. The summed E-state index contributed by atoms with van der Waals surface area (Å²) in [6.45, 7) is 4.22. The lowest BCUT2D eigenvalue weighted by molar-refractivity contribution is 0.0400. The first-order chi connectivity index (χ1) is 9.50. The molecule has 0 saturated heterocycles. The van der Waals surface area contributed by atoms with E-state index in [0.29, 0.717) is 5.56 Å². The molecule has 0 amide bonds. The van der Waals surface area contributed by atoms with Crippen molar-refractivity contribution in [2.24, 2.45) is 5.73 Å². The molecular formula is C16H23NO3. The second-order valence-electron chi connectivity index (χ2n) is 5.54. The predicted octanol–water partition coefficient (Wildman–Crippen LogP) is 2.34. The molecule has 0 aromatic heterocycles. The van der Waals surface area contributed by atoms with Crippen molar-refractivity contribution in [3.8, 4) is 0 Å². The maximum atomic E-state index is 11.2. The van der Waals surface area contributed by atoms with Crippen molar-refractivity contribution in [1.29, 1.82) is 0 Å². The van der Waals surface area contributed by atoms with Gasteiger partial charge in [-0.15, -0.1) is 0 Å². The van der Waals surface area contributed by atoms with Gasteiger partial charge in [0.05, 0.1) is 11.7 Å². The normalized spacial score (nSPS) is 24.2. The Morgan fingerprint density at radius 3 is 2.60 bits per heavy atom. The summed E-state index contributed by atoms with van der Waals surface area (Å²) in [4.78, 5) is 11.2. The first kappa shape index (κ1) is 15.0. The van der Waals surface area contributed by atoms with Gasteiger partial charge >= 0.3 is 5.97 Å². The van der Waals surface area contributed by atoms with E-state index in [1.165, 1.54) is 0 Å². The van der Waals surface area contributed by atoms with E-state index in [0.717, 1.165) is 30.4 Å². The van der Waals surface area contributed by atoms with Gasteiger partial charge in [0.1, 0.15) is 0 Å². The molecule has 0 aliphatic heterocycles. The van der Waals surface area contributed by atoms with E-state index in [-0.39, 0.29) is 17.6 Å². The summed E-state index contributed by atoms with van der Waals surface area (Å²) < 4.78 is 5.56. The molecule has 1 aromatic carbocycles. The van der Waals surface area contributed by atoms with E-state index in [2.05, 4.69) is 13.8 Å². The van der Waals surface area contributed by atoms with Crippen LogP contribution >= 0.6 is 0 Å². The number of ether oxygens (including phenoxy) is 1. The molecule has 4 nitrogen and oxygen atoms in total. The molecule has 0 radical (unpaired) electrons. The highest BCUT2D eigenvalue weighted by Gasteiger charge is 2.45. The van der Waals surface area contributed by atoms with Gasteiger partial charge in [0.25, 0.3) is 0 Å². The fraction of sp³-hybridized carbons (Fsp3) is 0.562. The summed E-state index contributed by atoms with van der Waals surface area (Å²) in [5, 5.41) is 9.21. The zero-order valence-electron chi connectivity index (χ0n) is 12.3. The highest BCUT2D eigenvalue weighted by Crippen LogP contribution is 2.43. The van der Waals surface area contributed by atoms with Crippen LogP contribution in [0.5, 0.6) is 0 Å². The average molecular weight is 277 g/mol. The van der Waals surface area contributed by atoms with Gasteiger partial charge in [-0.2, -0.15) is 0 Å². The van der Waals surface area contributed by atoms with Gasteiger partial charge in [0.2, 0.25) is 0 Å². The largest absolute Gasteiger partial charge is 0.478 e. The van der Waals surface area contributed by atoms with Crippen LogP contribution in [0.25, 0.3) is 0 Å². The number of carboxylic acids is 1. The van der Waals surface area contributed by atoms with Crippen LogP contribution in [0.4, 0.5) is 0 Å². The third-order valence-electron chi connectivity index (χ3n) is 4.92. The monoisotopic (exact) mass is 277 g/mol. The maximum absolute atomic E-state index is 11.2. The molecule has 1 aliphatic carbocycles. The van der Waals surface area contributed by atoms with Crippen molar-refractivity contribution in [2.75, 3.05) is 7.11 Å². The van der Waals surface area contributed by atoms with E-state index < -0.39 is 5.97 Å². The standard InChI is InChI=1S/C16H23NO3/c1-4-16(5-2)12-8-11(15(18)19)7-6-10(12)9-13(20-3)14(16)17/h6-8,13-14H,4-5,9,17H2,1-3H3,(H,18,19). The van der Waals surface area contributed by atoms with Crippen molar-refractivity contribution in [1.82, 2.24) is 0 Å². The average Bonchev–Trinajstić information content (AvgIpc) is 2.46. The zero-order valence-corrected chi connectivity index (χ0v) is 12.3. The molecule has 0 heterocycles. The lowest BCUT2D eigenvalue weighted by atomic mass is 9.62. The molecular weight excluding hydrogens is 254 g/mol. The SMILES string of the molecule is CCC1(CC)c2cc(C(=O)O)ccc2CC(OC)C1N. The third-order valence-corrected chi connectivity index (χ3v) is 4.92. The van der Waals surface area contributed by atoms with Crippen LogP contribution in [0.15, 0.2) is 18.2 Å². The van der Waals surface area contributed by atoms with Crippen molar-refractivity contribution in [3.63, 3.8) is 0 Å². The number of rotatable bonds is 4. The van der Waals surface area contributed by atoms with Crippen molar-refractivity contribution in [2.45, 2.75) is 50.7 Å². The van der Waals surface area contributed by atoms with E-state index >= 15 is 0 Å². The van der Waals surface area contributed by atoms with Crippen molar-refractivity contribution in [3.05, 3.63) is 34.9 Å². The van der Waals surface area contributed by atoms with E-state index in [1.54, 1.807) is 19.2 Å². The van der Waals surface area contributed by atoms with Gasteiger partial charge < -0.3 is 15.6 Å². The lowest BCUT2D eigenvalue weighted by Crippen LogP contribution is -2.56. The van der Waals surface area contributed by atoms with E-state index in [1.807, 2.05) is 6.07 Å². The minimum atomic E-state index is -0.892. The third kappa shape index (κ3) is 2.13. The maximum Gasteiger partial charge on any atom is 0.335 e. The van der Waals surface area contributed by atoms with Gasteiger partial charge in [-0.1, -0.05) is 19.9 Å². The number of hydrogen-bond donors (Lipinski definition) is 2. The number of methoxy groups -OCH3 is 1. The number of aromatic carboxylic acids is 1. The number of benzene rings is 1. The van der Waals surface area contributed by atoms with Gasteiger partial charge in [-0.3, -0.25) is 0 Å². The summed E-state index contributed by atoms with van der Waals surface area (Å²) in [7, 11) is 1.69. The molecule has 2 unspecified atom stereocenters. The summed E-state index contributed by atoms with van der Waals surface area (Å²) in [6, 6.07) is 5.27. The van der Waals surface area contributed by atoms with E-state index in [4.69, 9.17) is 10.5 Å². The van der Waals surface area contributed by atoms with Gasteiger partial charge in [0.15, 0.2) is 0 Å². The number of fused-ring (bicyclic) bond motifs is 1. The number of carboxylic acid groups (broad SMARTS) is 1. The Bertz CT molecular complexity index is 508. The van der Waals surface area contributed by atoms with Crippen LogP contribution in [0.2, 0.25) is 0 Å². The summed E-state index contributed by atoms with van der Waals surface area (Å²) in [5.74, 6) is -0.892. The highest BCUT2D eigenvalue weighted by molar-refractivity contribution is 5.88. The smallest absolute Gasteiger partial charge is 0.335 e. The molecule has 2 rings (SSSR count). The fourth-order valence-corrected chi connectivity index (χ4v) is 3.56. The summed E-state index contributed by atoms with van der Waals surface area (Å²) in [6.07, 6.45) is 2.48. The minimum Gasteiger partial charge on any atom is -0.478 e. The Balaban J connectivity index is 2.62. The molecule has 0 bridgehead atoms. The van der Waals surface area contributed by atoms with Crippen molar-refractivity contribution < 1.29 is 14.6 Å². The van der Waals surface area contributed by atoms with Crippen LogP contribution in [0.3, 0.4) is 0 Å². The quantitative estimate of drug-likeness (QED) is 0.886. The topological polar surface area (TPSA) is 72.5 Å². The van der Waals surface area contributed by atoms with Gasteiger partial charge in [0, 0.05) is 25.0 Å². The zero-order chi connectivity index (χ0) is 14.9. The molecule has 20 heavy (non-hydrogen) atoms. The van der Waals surface area contributed by atoms with Crippen LogP contribution in [-0.4, -0.2) is 30.3 Å². The van der Waals surface area contributed by atoms with Crippen LogP contribution in [-0.2, 0) is 16.6 Å². The number of nitrogens with two attached hydrogens (primary N) is 1. The fourth-order valence-electron chi connectivity index (χ4n) is 3.56.